The number of nitrogen functional groups attached to an aromatic ring is 1. The summed E-state index contributed by atoms with van der Waals surface area (Å²) in [6.07, 6.45) is 0.708. The van der Waals surface area contributed by atoms with Gasteiger partial charge >= 0.3 is 5.97 Å². The van der Waals surface area contributed by atoms with Crippen LogP contribution < -0.4 is 5.73 Å². The maximum Gasteiger partial charge on any atom is 0.340 e. The number of anilines is 1. The highest BCUT2D eigenvalue weighted by atomic mass is 16.5. The Morgan fingerprint density at radius 1 is 1.11 bits per heavy atom. The number of esters is 1. The molecule has 0 spiro atoms. The van der Waals surface area contributed by atoms with Crippen LogP contribution in [0.4, 0.5) is 5.69 Å². The summed E-state index contributed by atoms with van der Waals surface area (Å²) in [6, 6.07) is 15.5. The number of rotatable bonds is 4. The van der Waals surface area contributed by atoms with Gasteiger partial charge in [0.15, 0.2) is 0 Å². The van der Waals surface area contributed by atoms with E-state index in [9.17, 15) is 4.79 Å². The molecule has 0 amide bonds. The minimum absolute atomic E-state index is 0.348. The standard InChI is InChI=1S/C16H17NO2/c1-2-19-16(18)14-10-6-9-13(15(14)17)11-12-7-4-3-5-8-12/h3-10H,2,11,17H2,1H3. The Balaban J connectivity index is 2.27. The van der Waals surface area contributed by atoms with Crippen molar-refractivity contribution in [2.24, 2.45) is 0 Å². The summed E-state index contributed by atoms with van der Waals surface area (Å²) >= 11 is 0. The molecule has 0 bridgehead atoms. The maximum atomic E-state index is 11.8. The lowest BCUT2D eigenvalue weighted by Crippen LogP contribution is -2.09. The highest BCUT2D eigenvalue weighted by Crippen LogP contribution is 2.21. The first-order chi connectivity index (χ1) is 9.22. The minimum Gasteiger partial charge on any atom is -0.462 e. The lowest BCUT2D eigenvalue weighted by atomic mass is 10.0. The number of hydrogen-bond donors (Lipinski definition) is 1. The SMILES string of the molecule is CCOC(=O)c1cccc(Cc2ccccc2)c1N. The highest BCUT2D eigenvalue weighted by molar-refractivity contribution is 5.95. The Hall–Kier alpha value is -2.29. The van der Waals surface area contributed by atoms with Crippen molar-refractivity contribution in [2.45, 2.75) is 13.3 Å². The van der Waals surface area contributed by atoms with Crippen LogP contribution in [0.15, 0.2) is 48.5 Å². The van der Waals surface area contributed by atoms with Gasteiger partial charge in [0.05, 0.1) is 12.2 Å². The van der Waals surface area contributed by atoms with Gasteiger partial charge in [-0.3, -0.25) is 0 Å². The molecule has 19 heavy (non-hydrogen) atoms. The lowest BCUT2D eigenvalue weighted by Gasteiger charge is -2.10. The van der Waals surface area contributed by atoms with E-state index in [0.717, 1.165) is 11.1 Å². The molecule has 3 nitrogen and oxygen atoms in total. The predicted molar refractivity (Wildman–Crippen MR) is 76.1 cm³/mol. The summed E-state index contributed by atoms with van der Waals surface area (Å²) in [7, 11) is 0. The molecule has 2 N–H and O–H groups in total. The number of benzene rings is 2. The van der Waals surface area contributed by atoms with E-state index in [-0.39, 0.29) is 5.97 Å². The van der Waals surface area contributed by atoms with Gasteiger partial charge in [-0.1, -0.05) is 42.5 Å². The van der Waals surface area contributed by atoms with Crippen LogP contribution in [0.3, 0.4) is 0 Å². The molecule has 0 saturated carbocycles. The first-order valence-electron chi connectivity index (χ1n) is 6.30. The molecule has 0 heterocycles. The third-order valence-electron chi connectivity index (χ3n) is 2.93. The molecule has 0 atom stereocenters. The van der Waals surface area contributed by atoms with Crippen molar-refractivity contribution in [1.29, 1.82) is 0 Å². The van der Waals surface area contributed by atoms with Gasteiger partial charge in [0.25, 0.3) is 0 Å². The van der Waals surface area contributed by atoms with Gasteiger partial charge in [0, 0.05) is 5.69 Å². The lowest BCUT2D eigenvalue weighted by molar-refractivity contribution is 0.0527. The van der Waals surface area contributed by atoms with E-state index >= 15 is 0 Å². The summed E-state index contributed by atoms with van der Waals surface area (Å²) in [5.74, 6) is -0.366. The first kappa shape index (κ1) is 13.1. The van der Waals surface area contributed by atoms with Crippen LogP contribution in [0.5, 0.6) is 0 Å². The van der Waals surface area contributed by atoms with Crippen molar-refractivity contribution in [1.82, 2.24) is 0 Å². The van der Waals surface area contributed by atoms with Crippen molar-refractivity contribution in [2.75, 3.05) is 12.3 Å². The molecule has 0 aromatic heterocycles. The molecule has 3 heteroatoms. The van der Waals surface area contributed by atoms with E-state index in [1.165, 1.54) is 0 Å². The predicted octanol–water partition coefficient (Wildman–Crippen LogP) is 3.04. The van der Waals surface area contributed by atoms with Gasteiger partial charge in [-0.25, -0.2) is 4.79 Å². The van der Waals surface area contributed by atoms with Gasteiger partial charge in [-0.2, -0.15) is 0 Å². The molecule has 2 aromatic carbocycles. The number of carbonyl (C=O) groups is 1. The maximum absolute atomic E-state index is 11.8. The second-order valence-corrected chi connectivity index (χ2v) is 4.26. The number of carbonyl (C=O) groups excluding carboxylic acids is 1. The van der Waals surface area contributed by atoms with Crippen LogP contribution in [0.2, 0.25) is 0 Å². The summed E-state index contributed by atoms with van der Waals surface area (Å²) < 4.78 is 5.00. The zero-order valence-corrected chi connectivity index (χ0v) is 10.9. The fraction of sp³-hybridized carbons (Fsp3) is 0.188. The van der Waals surface area contributed by atoms with Crippen molar-refractivity contribution in [3.8, 4) is 0 Å². The zero-order chi connectivity index (χ0) is 13.7. The Bertz CT molecular complexity index is 564. The molecule has 0 aliphatic rings. The number of nitrogens with two attached hydrogens (primary N) is 1. The molecular formula is C16H17NO2. The van der Waals surface area contributed by atoms with Gasteiger partial charge in [-0.15, -0.1) is 0 Å². The van der Waals surface area contributed by atoms with Crippen LogP contribution >= 0.6 is 0 Å². The van der Waals surface area contributed by atoms with E-state index in [4.69, 9.17) is 10.5 Å². The largest absolute Gasteiger partial charge is 0.462 e. The van der Waals surface area contributed by atoms with E-state index in [2.05, 4.69) is 0 Å². The van der Waals surface area contributed by atoms with Gasteiger partial charge < -0.3 is 10.5 Å². The van der Waals surface area contributed by atoms with Crippen LogP contribution in [-0.4, -0.2) is 12.6 Å². The summed E-state index contributed by atoms with van der Waals surface area (Å²) in [6.45, 7) is 2.13. The molecule has 0 aliphatic heterocycles. The Morgan fingerprint density at radius 3 is 2.53 bits per heavy atom. The molecule has 98 valence electrons. The fourth-order valence-electron chi connectivity index (χ4n) is 1.97. The third-order valence-corrected chi connectivity index (χ3v) is 2.93. The van der Waals surface area contributed by atoms with E-state index in [1.807, 2.05) is 42.5 Å². The average Bonchev–Trinajstić information content (AvgIpc) is 2.42. The molecular weight excluding hydrogens is 238 g/mol. The van der Waals surface area contributed by atoms with Crippen molar-refractivity contribution >= 4 is 11.7 Å². The van der Waals surface area contributed by atoms with Crippen LogP contribution in [0.1, 0.15) is 28.4 Å². The van der Waals surface area contributed by atoms with Crippen molar-refractivity contribution < 1.29 is 9.53 Å². The van der Waals surface area contributed by atoms with E-state index < -0.39 is 0 Å². The first-order valence-corrected chi connectivity index (χ1v) is 6.30. The molecule has 0 saturated heterocycles. The minimum atomic E-state index is -0.366. The van der Waals surface area contributed by atoms with Gasteiger partial charge in [-0.05, 0) is 30.5 Å². The molecule has 0 radical (unpaired) electrons. The van der Waals surface area contributed by atoms with Crippen LogP contribution in [-0.2, 0) is 11.2 Å². The molecule has 2 rings (SSSR count). The monoisotopic (exact) mass is 255 g/mol. The Morgan fingerprint density at radius 2 is 1.84 bits per heavy atom. The van der Waals surface area contributed by atoms with Crippen LogP contribution in [0.25, 0.3) is 0 Å². The fourth-order valence-corrected chi connectivity index (χ4v) is 1.97. The molecule has 0 unspecified atom stereocenters. The molecule has 0 aliphatic carbocycles. The Kier molecular flexibility index (Phi) is 4.18. The van der Waals surface area contributed by atoms with Crippen molar-refractivity contribution in [3.05, 3.63) is 65.2 Å². The van der Waals surface area contributed by atoms with E-state index in [0.29, 0.717) is 24.3 Å². The number of para-hydroxylation sites is 1. The summed E-state index contributed by atoms with van der Waals surface area (Å²) in [5.41, 5.74) is 9.11. The smallest absolute Gasteiger partial charge is 0.340 e. The number of hydrogen-bond acceptors (Lipinski definition) is 3. The quantitative estimate of drug-likeness (QED) is 0.675. The van der Waals surface area contributed by atoms with Crippen molar-refractivity contribution in [3.63, 3.8) is 0 Å². The zero-order valence-electron chi connectivity index (χ0n) is 10.9. The van der Waals surface area contributed by atoms with Gasteiger partial charge in [0.2, 0.25) is 0 Å². The topological polar surface area (TPSA) is 52.3 Å². The van der Waals surface area contributed by atoms with E-state index in [1.54, 1.807) is 13.0 Å². The highest BCUT2D eigenvalue weighted by Gasteiger charge is 2.13. The average molecular weight is 255 g/mol. The van der Waals surface area contributed by atoms with Crippen LogP contribution in [0, 0.1) is 0 Å². The Labute approximate surface area is 113 Å². The number of ether oxygens (including phenoxy) is 1. The third kappa shape index (κ3) is 3.13. The molecule has 2 aromatic rings. The summed E-state index contributed by atoms with van der Waals surface area (Å²) in [5, 5.41) is 0. The normalized spacial score (nSPS) is 10.2. The van der Waals surface area contributed by atoms with Gasteiger partial charge in [0.1, 0.15) is 0 Å². The summed E-state index contributed by atoms with van der Waals surface area (Å²) in [4.78, 5) is 11.8. The second kappa shape index (κ2) is 6.05. The molecule has 0 fully saturated rings. The second-order valence-electron chi connectivity index (χ2n) is 4.26.